The summed E-state index contributed by atoms with van der Waals surface area (Å²) in [6.45, 7) is 0. The van der Waals surface area contributed by atoms with Crippen LogP contribution in [0, 0.1) is 23.7 Å². The summed E-state index contributed by atoms with van der Waals surface area (Å²) in [5.41, 5.74) is 5.18. The number of rotatable bonds is 2. The number of nitrogens with two attached hydrogens (primary N) is 1. The zero-order chi connectivity index (χ0) is 9.59. The summed E-state index contributed by atoms with van der Waals surface area (Å²) in [5, 5.41) is 8.91. The summed E-state index contributed by atoms with van der Waals surface area (Å²) < 4.78 is 0. The van der Waals surface area contributed by atoms with Gasteiger partial charge in [0.1, 0.15) is 0 Å². The van der Waals surface area contributed by atoms with Gasteiger partial charge >= 0.3 is 5.97 Å². The van der Waals surface area contributed by atoms with Crippen LogP contribution in [0.15, 0.2) is 12.2 Å². The molecule has 2 aliphatic rings. The summed E-state index contributed by atoms with van der Waals surface area (Å²) in [4.78, 5) is 21.9. The van der Waals surface area contributed by atoms with E-state index in [1.54, 1.807) is 0 Å². The number of amides is 1. The van der Waals surface area contributed by atoms with Gasteiger partial charge in [-0.05, 0) is 18.3 Å². The predicted molar refractivity (Wildman–Crippen MR) is 44.5 cm³/mol. The van der Waals surface area contributed by atoms with Gasteiger partial charge in [0.05, 0.1) is 11.8 Å². The Hall–Kier alpha value is -1.32. The van der Waals surface area contributed by atoms with Crippen LogP contribution in [0.4, 0.5) is 0 Å². The molecular formula is C9H11NO3. The van der Waals surface area contributed by atoms with Crippen LogP contribution in [-0.2, 0) is 9.59 Å². The lowest BCUT2D eigenvalue weighted by molar-refractivity contribution is -0.147. The van der Waals surface area contributed by atoms with Crippen molar-refractivity contribution in [3.8, 4) is 0 Å². The van der Waals surface area contributed by atoms with Gasteiger partial charge in [0.2, 0.25) is 5.91 Å². The minimum Gasteiger partial charge on any atom is -0.481 e. The van der Waals surface area contributed by atoms with Gasteiger partial charge < -0.3 is 10.8 Å². The number of aliphatic carboxylic acids is 1. The second-order valence-electron chi connectivity index (χ2n) is 3.74. The van der Waals surface area contributed by atoms with Crippen molar-refractivity contribution in [2.24, 2.45) is 29.4 Å². The fraction of sp³-hybridized carbons (Fsp3) is 0.556. The Morgan fingerprint density at radius 2 is 1.77 bits per heavy atom. The number of carboxylic acid groups (broad SMARTS) is 1. The van der Waals surface area contributed by atoms with Crippen LogP contribution in [0.5, 0.6) is 0 Å². The summed E-state index contributed by atoms with van der Waals surface area (Å²) in [6.07, 6.45) is 4.58. The van der Waals surface area contributed by atoms with Crippen molar-refractivity contribution in [2.75, 3.05) is 0 Å². The first-order valence-electron chi connectivity index (χ1n) is 4.31. The Balaban J connectivity index is 2.30. The normalized spacial score (nSPS) is 40.9. The lowest BCUT2D eigenvalue weighted by Crippen LogP contribution is -2.36. The Labute approximate surface area is 75.4 Å². The number of carbonyl (C=O) groups excluding carboxylic acids is 1. The average Bonchev–Trinajstić information content (AvgIpc) is 2.60. The van der Waals surface area contributed by atoms with E-state index in [1.165, 1.54) is 0 Å². The molecule has 1 fully saturated rings. The first-order chi connectivity index (χ1) is 6.11. The highest BCUT2D eigenvalue weighted by Crippen LogP contribution is 2.47. The van der Waals surface area contributed by atoms with Gasteiger partial charge in [-0.15, -0.1) is 0 Å². The van der Waals surface area contributed by atoms with Crippen LogP contribution in [-0.4, -0.2) is 17.0 Å². The number of allylic oxidation sites excluding steroid dienone is 2. The molecule has 0 spiro atoms. The molecular weight excluding hydrogens is 170 g/mol. The van der Waals surface area contributed by atoms with Crippen LogP contribution in [0.3, 0.4) is 0 Å². The Bertz CT molecular complexity index is 269. The van der Waals surface area contributed by atoms with E-state index in [0.29, 0.717) is 0 Å². The maximum atomic E-state index is 11.0. The second-order valence-corrected chi connectivity index (χ2v) is 3.74. The van der Waals surface area contributed by atoms with Crippen molar-refractivity contribution < 1.29 is 14.7 Å². The molecule has 3 N–H and O–H groups in total. The molecule has 0 saturated heterocycles. The number of carboxylic acids is 1. The smallest absolute Gasteiger partial charge is 0.307 e. The van der Waals surface area contributed by atoms with E-state index in [9.17, 15) is 9.59 Å². The quantitative estimate of drug-likeness (QED) is 0.588. The van der Waals surface area contributed by atoms with Crippen LogP contribution < -0.4 is 5.73 Å². The molecule has 1 saturated carbocycles. The molecule has 4 atom stereocenters. The molecule has 0 aromatic rings. The fourth-order valence-electron chi connectivity index (χ4n) is 2.55. The molecule has 2 rings (SSSR count). The molecule has 13 heavy (non-hydrogen) atoms. The van der Waals surface area contributed by atoms with E-state index in [4.69, 9.17) is 10.8 Å². The van der Waals surface area contributed by atoms with Crippen molar-refractivity contribution >= 4 is 11.9 Å². The molecule has 0 aliphatic heterocycles. The van der Waals surface area contributed by atoms with Crippen LogP contribution in [0.25, 0.3) is 0 Å². The third-order valence-electron chi connectivity index (χ3n) is 3.07. The lowest BCUT2D eigenvalue weighted by atomic mass is 9.83. The van der Waals surface area contributed by atoms with E-state index in [-0.39, 0.29) is 11.8 Å². The van der Waals surface area contributed by atoms with Gasteiger partial charge in [-0.25, -0.2) is 0 Å². The van der Waals surface area contributed by atoms with Crippen molar-refractivity contribution in [1.82, 2.24) is 0 Å². The maximum Gasteiger partial charge on any atom is 0.307 e. The van der Waals surface area contributed by atoms with E-state index >= 15 is 0 Å². The molecule has 0 aromatic carbocycles. The highest BCUT2D eigenvalue weighted by Gasteiger charge is 2.50. The maximum absolute atomic E-state index is 11.0. The van der Waals surface area contributed by atoms with Gasteiger partial charge in [0.15, 0.2) is 0 Å². The van der Waals surface area contributed by atoms with Gasteiger partial charge in [-0.3, -0.25) is 9.59 Å². The molecule has 1 amide bonds. The van der Waals surface area contributed by atoms with Crippen molar-refractivity contribution in [3.05, 3.63) is 12.2 Å². The molecule has 0 unspecified atom stereocenters. The van der Waals surface area contributed by atoms with Crippen molar-refractivity contribution in [3.63, 3.8) is 0 Å². The fourth-order valence-corrected chi connectivity index (χ4v) is 2.55. The number of fused-ring (bicyclic) bond motifs is 2. The second kappa shape index (κ2) is 2.58. The number of hydrogen-bond acceptors (Lipinski definition) is 2. The Morgan fingerprint density at radius 3 is 2.15 bits per heavy atom. The molecule has 70 valence electrons. The topological polar surface area (TPSA) is 80.4 Å². The zero-order valence-electron chi connectivity index (χ0n) is 7.01. The Kier molecular flexibility index (Phi) is 1.65. The van der Waals surface area contributed by atoms with Crippen LogP contribution in [0.2, 0.25) is 0 Å². The minimum absolute atomic E-state index is 0.0139. The molecule has 2 aliphatic carbocycles. The largest absolute Gasteiger partial charge is 0.481 e. The van der Waals surface area contributed by atoms with Crippen molar-refractivity contribution in [1.29, 1.82) is 0 Å². The highest BCUT2D eigenvalue weighted by atomic mass is 16.4. The summed E-state index contributed by atoms with van der Waals surface area (Å²) in [5.74, 6) is -2.39. The molecule has 0 aromatic heterocycles. The number of carbonyl (C=O) groups is 2. The predicted octanol–water partition coefficient (Wildman–Crippen LogP) is -0.00540. The van der Waals surface area contributed by atoms with Gasteiger partial charge in [-0.2, -0.15) is 0 Å². The first-order valence-corrected chi connectivity index (χ1v) is 4.31. The molecule has 0 heterocycles. The molecule has 2 bridgehead atoms. The molecule has 4 heteroatoms. The third kappa shape index (κ3) is 1.05. The van der Waals surface area contributed by atoms with Gasteiger partial charge in [0, 0.05) is 0 Å². The Morgan fingerprint density at radius 1 is 1.23 bits per heavy atom. The summed E-state index contributed by atoms with van der Waals surface area (Å²) >= 11 is 0. The van der Waals surface area contributed by atoms with Crippen molar-refractivity contribution in [2.45, 2.75) is 6.42 Å². The minimum atomic E-state index is -0.902. The molecule has 4 nitrogen and oxygen atoms in total. The number of primary amides is 1. The SMILES string of the molecule is NC(=O)[C@@H]1[C@H](C(=O)O)[C@H]2C=C[C@H]1C2. The standard InChI is InChI=1S/C9H11NO3/c10-8(11)6-4-1-2-5(3-4)7(6)9(12)13/h1-2,4-7H,3H2,(H2,10,11)(H,12,13)/t4-,5-,6-,7+/m0/s1. The van der Waals surface area contributed by atoms with E-state index in [0.717, 1.165) is 6.42 Å². The van der Waals surface area contributed by atoms with Gasteiger partial charge in [0.25, 0.3) is 0 Å². The number of hydrogen-bond donors (Lipinski definition) is 2. The lowest BCUT2D eigenvalue weighted by Gasteiger charge is -2.21. The van der Waals surface area contributed by atoms with E-state index in [2.05, 4.69) is 0 Å². The van der Waals surface area contributed by atoms with Crippen LogP contribution in [0.1, 0.15) is 6.42 Å². The van der Waals surface area contributed by atoms with Crippen LogP contribution >= 0.6 is 0 Å². The summed E-state index contributed by atoms with van der Waals surface area (Å²) in [7, 11) is 0. The monoisotopic (exact) mass is 181 g/mol. The van der Waals surface area contributed by atoms with E-state index in [1.807, 2.05) is 12.2 Å². The highest BCUT2D eigenvalue weighted by molar-refractivity contribution is 5.85. The van der Waals surface area contributed by atoms with Gasteiger partial charge in [-0.1, -0.05) is 12.2 Å². The first kappa shape index (κ1) is 8.29. The summed E-state index contributed by atoms with van der Waals surface area (Å²) in [6, 6.07) is 0. The third-order valence-corrected chi connectivity index (χ3v) is 3.07. The van der Waals surface area contributed by atoms with E-state index < -0.39 is 23.7 Å². The molecule has 0 radical (unpaired) electrons. The zero-order valence-corrected chi connectivity index (χ0v) is 7.01. The average molecular weight is 181 g/mol.